The van der Waals surface area contributed by atoms with Crippen molar-refractivity contribution in [2.24, 2.45) is 5.92 Å². The van der Waals surface area contributed by atoms with E-state index in [0.29, 0.717) is 25.0 Å². The summed E-state index contributed by atoms with van der Waals surface area (Å²) < 4.78 is 33.1. The molecule has 2 aromatic carbocycles. The maximum atomic E-state index is 12.6. The maximum absolute atomic E-state index is 12.6. The second-order valence-electron chi connectivity index (χ2n) is 6.18. The fourth-order valence-electron chi connectivity index (χ4n) is 3.19. The molecule has 5 nitrogen and oxygen atoms in total. The third-order valence-electron chi connectivity index (χ3n) is 4.58. The van der Waals surface area contributed by atoms with Gasteiger partial charge in [-0.2, -0.15) is 0 Å². The highest BCUT2D eigenvalue weighted by Crippen LogP contribution is 2.23. The second-order valence-corrected chi connectivity index (χ2v) is 7.92. The molecule has 1 atom stereocenters. The van der Waals surface area contributed by atoms with Crippen molar-refractivity contribution in [1.29, 1.82) is 0 Å². The van der Waals surface area contributed by atoms with Crippen LogP contribution in [-0.2, 0) is 14.8 Å². The van der Waals surface area contributed by atoms with E-state index >= 15 is 0 Å². The van der Waals surface area contributed by atoms with Crippen molar-refractivity contribution >= 4 is 20.8 Å². The molecule has 0 bridgehead atoms. The minimum absolute atomic E-state index is 0.195. The minimum atomic E-state index is -3.60. The van der Waals surface area contributed by atoms with Gasteiger partial charge in [-0.05, 0) is 36.6 Å². The molecule has 1 saturated heterocycles. The molecule has 130 valence electrons. The summed E-state index contributed by atoms with van der Waals surface area (Å²) in [5.41, 5.74) is 0. The highest BCUT2D eigenvalue weighted by molar-refractivity contribution is 7.89. The molecule has 0 spiro atoms. The molecule has 2 N–H and O–H groups in total. The summed E-state index contributed by atoms with van der Waals surface area (Å²) in [7, 11) is -3.60. The van der Waals surface area contributed by atoms with Crippen molar-refractivity contribution in [2.45, 2.75) is 30.3 Å². The molecule has 3 rings (SSSR count). The van der Waals surface area contributed by atoms with Gasteiger partial charge in [0.1, 0.15) is 0 Å². The van der Waals surface area contributed by atoms with Crippen molar-refractivity contribution < 1.29 is 18.3 Å². The molecular weight excluding hydrogens is 326 g/mol. The second kappa shape index (κ2) is 7.61. The fourth-order valence-corrected chi connectivity index (χ4v) is 4.46. The first kappa shape index (κ1) is 17.4. The topological polar surface area (TPSA) is 75.6 Å². The summed E-state index contributed by atoms with van der Waals surface area (Å²) in [6.45, 7) is 1.57. The Morgan fingerprint density at radius 2 is 1.83 bits per heavy atom. The predicted octanol–water partition coefficient (Wildman–Crippen LogP) is 2.30. The Bertz CT molecular complexity index is 779. The van der Waals surface area contributed by atoms with Crippen molar-refractivity contribution in [2.75, 3.05) is 19.8 Å². The maximum Gasteiger partial charge on any atom is 0.241 e. The van der Waals surface area contributed by atoms with Crippen molar-refractivity contribution in [1.82, 2.24) is 4.72 Å². The zero-order valence-electron chi connectivity index (χ0n) is 13.5. The molecule has 1 fully saturated rings. The normalized spacial score (nSPS) is 17.9. The number of sulfonamides is 1. The standard InChI is InChI=1S/C18H23NO4S/c20-17(15-9-12-23-13-10-15)8-11-19-24(21,22)18-7-3-5-14-4-1-2-6-16(14)18/h1-7,15,17,19-20H,8-13H2/t17-/m0/s1. The smallest absolute Gasteiger partial charge is 0.241 e. The number of fused-ring (bicyclic) bond motifs is 1. The number of aliphatic hydroxyl groups excluding tert-OH is 1. The highest BCUT2D eigenvalue weighted by atomic mass is 32.2. The van der Waals surface area contributed by atoms with Crippen LogP contribution in [0.25, 0.3) is 10.8 Å². The van der Waals surface area contributed by atoms with E-state index in [9.17, 15) is 13.5 Å². The van der Waals surface area contributed by atoms with Crippen LogP contribution >= 0.6 is 0 Å². The predicted molar refractivity (Wildman–Crippen MR) is 93.3 cm³/mol. The van der Waals surface area contributed by atoms with Gasteiger partial charge in [-0.15, -0.1) is 0 Å². The van der Waals surface area contributed by atoms with E-state index in [2.05, 4.69) is 4.72 Å². The number of rotatable bonds is 6. The van der Waals surface area contributed by atoms with Gasteiger partial charge in [-0.1, -0.05) is 36.4 Å². The zero-order valence-corrected chi connectivity index (χ0v) is 14.3. The largest absolute Gasteiger partial charge is 0.393 e. The Morgan fingerprint density at radius 3 is 2.62 bits per heavy atom. The Morgan fingerprint density at radius 1 is 1.12 bits per heavy atom. The number of hydrogen-bond donors (Lipinski definition) is 2. The summed E-state index contributed by atoms with van der Waals surface area (Å²) in [6.07, 6.45) is 1.58. The van der Waals surface area contributed by atoms with Crippen molar-refractivity contribution in [3.8, 4) is 0 Å². The summed E-state index contributed by atoms with van der Waals surface area (Å²) in [5, 5.41) is 11.8. The van der Waals surface area contributed by atoms with Gasteiger partial charge >= 0.3 is 0 Å². The molecule has 6 heteroatoms. The SMILES string of the molecule is O=S(=O)(NCC[C@H](O)C1CCOCC1)c1cccc2ccccc12. The number of benzene rings is 2. The third-order valence-corrected chi connectivity index (χ3v) is 6.10. The van der Waals surface area contributed by atoms with Crippen LogP contribution in [0.3, 0.4) is 0 Å². The average Bonchev–Trinajstić information content (AvgIpc) is 2.61. The lowest BCUT2D eigenvalue weighted by Gasteiger charge is -2.26. The van der Waals surface area contributed by atoms with E-state index in [1.807, 2.05) is 24.3 Å². The highest BCUT2D eigenvalue weighted by Gasteiger charge is 2.23. The molecule has 0 radical (unpaired) electrons. The molecule has 24 heavy (non-hydrogen) atoms. The van der Waals surface area contributed by atoms with E-state index < -0.39 is 16.1 Å². The fraction of sp³-hybridized carbons (Fsp3) is 0.444. The van der Waals surface area contributed by atoms with Crippen LogP contribution in [0.4, 0.5) is 0 Å². The van der Waals surface area contributed by atoms with E-state index in [-0.39, 0.29) is 17.4 Å². The van der Waals surface area contributed by atoms with Gasteiger partial charge in [-0.3, -0.25) is 0 Å². The van der Waals surface area contributed by atoms with E-state index in [1.165, 1.54) is 0 Å². The number of aliphatic hydroxyl groups is 1. The minimum Gasteiger partial charge on any atom is -0.393 e. The Hall–Kier alpha value is -1.47. The molecule has 0 unspecified atom stereocenters. The first-order valence-electron chi connectivity index (χ1n) is 8.31. The van der Waals surface area contributed by atoms with Gasteiger partial charge in [0.15, 0.2) is 0 Å². The van der Waals surface area contributed by atoms with Crippen molar-refractivity contribution in [3.05, 3.63) is 42.5 Å². The van der Waals surface area contributed by atoms with Crippen LogP contribution in [0.1, 0.15) is 19.3 Å². The van der Waals surface area contributed by atoms with Gasteiger partial charge in [0.2, 0.25) is 10.0 Å². The van der Waals surface area contributed by atoms with Crippen LogP contribution < -0.4 is 4.72 Å². The molecule has 0 aliphatic carbocycles. The lowest BCUT2D eigenvalue weighted by molar-refractivity contribution is 0.00567. The summed E-state index contributed by atoms with van der Waals surface area (Å²) in [4.78, 5) is 0.279. The monoisotopic (exact) mass is 349 g/mol. The summed E-state index contributed by atoms with van der Waals surface area (Å²) in [5.74, 6) is 0.195. The quantitative estimate of drug-likeness (QED) is 0.839. The molecule has 2 aromatic rings. The first-order valence-corrected chi connectivity index (χ1v) is 9.79. The van der Waals surface area contributed by atoms with Crippen LogP contribution in [0.15, 0.2) is 47.4 Å². The first-order chi connectivity index (χ1) is 11.6. The van der Waals surface area contributed by atoms with Crippen molar-refractivity contribution in [3.63, 3.8) is 0 Å². The van der Waals surface area contributed by atoms with Crippen LogP contribution in [0.2, 0.25) is 0 Å². The Balaban J connectivity index is 1.65. The molecule has 1 aliphatic heterocycles. The van der Waals surface area contributed by atoms with Gasteiger partial charge < -0.3 is 9.84 Å². The molecule has 1 aliphatic rings. The molecule has 0 amide bonds. The van der Waals surface area contributed by atoms with Gasteiger partial charge in [0.25, 0.3) is 0 Å². The summed E-state index contributed by atoms with van der Waals surface area (Å²) in [6, 6.07) is 12.7. The Kier molecular flexibility index (Phi) is 5.50. The van der Waals surface area contributed by atoms with Crippen LogP contribution in [-0.4, -0.2) is 39.4 Å². The lowest BCUT2D eigenvalue weighted by Crippen LogP contribution is -2.32. The molecular formula is C18H23NO4S. The lowest BCUT2D eigenvalue weighted by atomic mass is 9.92. The van der Waals surface area contributed by atoms with Gasteiger partial charge in [0, 0.05) is 25.1 Å². The molecule has 0 aromatic heterocycles. The third kappa shape index (κ3) is 3.95. The van der Waals surface area contributed by atoms with Gasteiger partial charge in [0.05, 0.1) is 11.0 Å². The summed E-state index contributed by atoms with van der Waals surface area (Å²) >= 11 is 0. The zero-order chi connectivity index (χ0) is 17.0. The van der Waals surface area contributed by atoms with E-state index in [4.69, 9.17) is 4.74 Å². The van der Waals surface area contributed by atoms with E-state index in [1.54, 1.807) is 18.2 Å². The van der Waals surface area contributed by atoms with Crippen LogP contribution in [0.5, 0.6) is 0 Å². The van der Waals surface area contributed by atoms with Gasteiger partial charge in [-0.25, -0.2) is 13.1 Å². The van der Waals surface area contributed by atoms with E-state index in [0.717, 1.165) is 18.2 Å². The Labute approximate surface area is 142 Å². The number of nitrogens with one attached hydrogen (secondary N) is 1. The average molecular weight is 349 g/mol. The van der Waals surface area contributed by atoms with Crippen LogP contribution in [0, 0.1) is 5.92 Å². The number of ether oxygens (including phenoxy) is 1. The molecule has 1 heterocycles. The molecule has 0 saturated carbocycles. The number of hydrogen-bond acceptors (Lipinski definition) is 4.